The zero-order valence-corrected chi connectivity index (χ0v) is 7.11. The van der Waals surface area contributed by atoms with Gasteiger partial charge >= 0.3 is 10.2 Å². The Morgan fingerprint density at radius 3 is 1.92 bits per heavy atom. The van der Waals surface area contributed by atoms with Crippen LogP contribution >= 0.6 is 0 Å². The van der Waals surface area contributed by atoms with Crippen molar-refractivity contribution in [2.75, 3.05) is 0 Å². The molecule has 1 aromatic rings. The molecule has 1 aromatic carbocycles. The first-order valence-corrected chi connectivity index (χ1v) is 4.79. The highest BCUT2D eigenvalue weighted by atomic mass is 32.3. The van der Waals surface area contributed by atoms with Crippen LogP contribution in [0.4, 0.5) is 12.7 Å². The van der Waals surface area contributed by atoms with Crippen molar-refractivity contribution in [1.82, 2.24) is 0 Å². The van der Waals surface area contributed by atoms with E-state index in [-0.39, 0.29) is 5.56 Å². The first-order chi connectivity index (χ1) is 5.87. The summed E-state index contributed by atoms with van der Waals surface area (Å²) in [6.45, 7) is 0. The Kier molecular flexibility index (Phi) is 2.60. The Morgan fingerprint density at radius 1 is 1.08 bits per heavy atom. The number of hydrogen-bond acceptors (Lipinski definition) is 2. The van der Waals surface area contributed by atoms with Crippen LogP contribution in [-0.4, -0.2) is 8.42 Å². The average Bonchev–Trinajstić information content (AvgIpc) is 1.78. The predicted molar refractivity (Wildman–Crippen MR) is 40.1 cm³/mol. The van der Waals surface area contributed by atoms with Crippen LogP contribution in [0.25, 0.3) is 0 Å². The smallest absolute Gasteiger partial charge is 0.207 e. The Labute approximate surface area is 73.2 Å². The van der Waals surface area contributed by atoms with E-state index in [0.717, 1.165) is 12.1 Å². The normalized spacial score (nSPS) is 11.6. The van der Waals surface area contributed by atoms with Gasteiger partial charge in [0.05, 0.1) is 0 Å². The predicted octanol–water partition coefficient (Wildman–Crippen LogP) is 1.76. The highest BCUT2D eigenvalue weighted by Crippen LogP contribution is 2.11. The maximum Gasteiger partial charge on any atom is 0.306 e. The van der Waals surface area contributed by atoms with Crippen LogP contribution in [0, 0.1) is 11.6 Å². The summed E-state index contributed by atoms with van der Waals surface area (Å²) in [5, 5.41) is 0. The molecule has 2 nitrogen and oxygen atoms in total. The molecule has 0 aliphatic rings. The molecule has 13 heavy (non-hydrogen) atoms. The Morgan fingerprint density at radius 2 is 1.54 bits per heavy atom. The topological polar surface area (TPSA) is 34.1 Å². The van der Waals surface area contributed by atoms with Gasteiger partial charge in [0.2, 0.25) is 0 Å². The van der Waals surface area contributed by atoms with Crippen molar-refractivity contribution in [2.45, 2.75) is 5.75 Å². The van der Waals surface area contributed by atoms with E-state index in [9.17, 15) is 21.1 Å². The zero-order valence-electron chi connectivity index (χ0n) is 6.30. The fourth-order valence-corrected chi connectivity index (χ4v) is 1.46. The first-order valence-electron chi connectivity index (χ1n) is 3.24. The SMILES string of the molecule is O=S(=O)(F)Cc1cc(F)cc(F)c1. The quantitative estimate of drug-likeness (QED) is 0.697. The molecule has 72 valence electrons. The minimum absolute atomic E-state index is 0.250. The summed E-state index contributed by atoms with van der Waals surface area (Å²) in [6.07, 6.45) is 0. The molecule has 0 atom stereocenters. The molecule has 0 aliphatic heterocycles. The lowest BCUT2D eigenvalue weighted by molar-refractivity contribution is 0.550. The molecule has 0 amide bonds. The van der Waals surface area contributed by atoms with E-state index in [2.05, 4.69) is 0 Å². The molecule has 0 aromatic heterocycles. The van der Waals surface area contributed by atoms with Crippen molar-refractivity contribution < 1.29 is 21.1 Å². The van der Waals surface area contributed by atoms with Crippen molar-refractivity contribution in [1.29, 1.82) is 0 Å². The van der Waals surface area contributed by atoms with Crippen LogP contribution in [0.3, 0.4) is 0 Å². The van der Waals surface area contributed by atoms with E-state index < -0.39 is 27.6 Å². The third kappa shape index (κ3) is 3.45. The lowest BCUT2D eigenvalue weighted by Gasteiger charge is -1.97. The minimum atomic E-state index is -4.74. The molecule has 0 saturated heterocycles. The first kappa shape index (κ1) is 10.0. The van der Waals surface area contributed by atoms with E-state index in [1.54, 1.807) is 0 Å². The van der Waals surface area contributed by atoms with E-state index >= 15 is 0 Å². The zero-order chi connectivity index (χ0) is 10.1. The van der Waals surface area contributed by atoms with Crippen LogP contribution in [0.5, 0.6) is 0 Å². The van der Waals surface area contributed by atoms with Crippen LogP contribution in [0.2, 0.25) is 0 Å². The van der Waals surface area contributed by atoms with Crippen LogP contribution in [-0.2, 0) is 16.0 Å². The monoisotopic (exact) mass is 210 g/mol. The molecule has 0 aliphatic carbocycles. The molecule has 6 heteroatoms. The highest BCUT2D eigenvalue weighted by molar-refractivity contribution is 7.85. The third-order valence-corrected chi connectivity index (χ3v) is 1.94. The molecule has 1 rings (SSSR count). The molecule has 0 spiro atoms. The largest absolute Gasteiger partial charge is 0.306 e. The van der Waals surface area contributed by atoms with E-state index in [4.69, 9.17) is 0 Å². The van der Waals surface area contributed by atoms with Gasteiger partial charge in [0, 0.05) is 6.07 Å². The van der Waals surface area contributed by atoms with Crippen molar-refractivity contribution in [3.8, 4) is 0 Å². The summed E-state index contributed by atoms with van der Waals surface area (Å²) in [6, 6.07) is 2.11. The second kappa shape index (κ2) is 3.37. The van der Waals surface area contributed by atoms with E-state index in [0.29, 0.717) is 6.07 Å². The van der Waals surface area contributed by atoms with Gasteiger partial charge in [-0.2, -0.15) is 8.42 Å². The van der Waals surface area contributed by atoms with Gasteiger partial charge in [0.15, 0.2) is 0 Å². The minimum Gasteiger partial charge on any atom is -0.207 e. The summed E-state index contributed by atoms with van der Waals surface area (Å²) in [4.78, 5) is 0. The van der Waals surface area contributed by atoms with Gasteiger partial charge in [-0.1, -0.05) is 0 Å². The summed E-state index contributed by atoms with van der Waals surface area (Å²) < 4.78 is 57.2. The summed E-state index contributed by atoms with van der Waals surface area (Å²) in [7, 11) is -4.74. The molecule has 0 N–H and O–H groups in total. The van der Waals surface area contributed by atoms with Gasteiger partial charge in [-0.15, -0.1) is 3.89 Å². The van der Waals surface area contributed by atoms with Gasteiger partial charge in [0.1, 0.15) is 17.4 Å². The Balaban J connectivity index is 3.03. The summed E-state index contributed by atoms with van der Waals surface area (Å²) in [5.41, 5.74) is -0.250. The van der Waals surface area contributed by atoms with E-state index in [1.165, 1.54) is 0 Å². The van der Waals surface area contributed by atoms with Crippen molar-refractivity contribution in [3.63, 3.8) is 0 Å². The second-order valence-corrected chi connectivity index (χ2v) is 3.83. The van der Waals surface area contributed by atoms with Crippen LogP contribution in [0.15, 0.2) is 18.2 Å². The standard InChI is InChI=1S/C7H5F3O2S/c8-6-1-5(2-7(9)3-6)4-13(10,11)12/h1-3H,4H2. The van der Waals surface area contributed by atoms with Crippen molar-refractivity contribution in [3.05, 3.63) is 35.4 Å². The Hall–Kier alpha value is -1.04. The summed E-state index contributed by atoms with van der Waals surface area (Å²) >= 11 is 0. The van der Waals surface area contributed by atoms with Gasteiger partial charge in [-0.05, 0) is 17.7 Å². The number of benzene rings is 1. The fourth-order valence-electron chi connectivity index (χ4n) is 0.893. The molecular weight excluding hydrogens is 205 g/mol. The Bertz CT molecular complexity index is 393. The third-order valence-electron chi connectivity index (χ3n) is 1.26. The van der Waals surface area contributed by atoms with E-state index in [1.807, 2.05) is 0 Å². The summed E-state index contributed by atoms with van der Waals surface area (Å²) in [5.74, 6) is -2.88. The second-order valence-electron chi connectivity index (χ2n) is 2.46. The number of rotatable bonds is 2. The lowest BCUT2D eigenvalue weighted by atomic mass is 10.2. The average molecular weight is 210 g/mol. The van der Waals surface area contributed by atoms with Crippen molar-refractivity contribution >= 4 is 10.2 Å². The van der Waals surface area contributed by atoms with Gasteiger partial charge < -0.3 is 0 Å². The molecule has 0 heterocycles. The van der Waals surface area contributed by atoms with Crippen LogP contribution < -0.4 is 0 Å². The fraction of sp³-hybridized carbons (Fsp3) is 0.143. The molecule has 0 bridgehead atoms. The maximum absolute atomic E-state index is 12.4. The molecule has 0 unspecified atom stereocenters. The number of halogens is 3. The van der Waals surface area contributed by atoms with Crippen molar-refractivity contribution in [2.24, 2.45) is 0 Å². The number of hydrogen-bond donors (Lipinski definition) is 0. The molecule has 0 fully saturated rings. The lowest BCUT2D eigenvalue weighted by Crippen LogP contribution is -1.97. The highest BCUT2D eigenvalue weighted by Gasteiger charge is 2.10. The molecule has 0 saturated carbocycles. The maximum atomic E-state index is 12.4. The van der Waals surface area contributed by atoms with Gasteiger partial charge in [0.25, 0.3) is 0 Å². The van der Waals surface area contributed by atoms with Crippen LogP contribution in [0.1, 0.15) is 5.56 Å². The van der Waals surface area contributed by atoms with Gasteiger partial charge in [-0.25, -0.2) is 8.78 Å². The van der Waals surface area contributed by atoms with Gasteiger partial charge in [-0.3, -0.25) is 0 Å². The molecular formula is C7H5F3O2S. The molecule has 0 radical (unpaired) electrons.